The molecule has 2 saturated carbocycles. The molecule has 0 saturated heterocycles. The van der Waals surface area contributed by atoms with Gasteiger partial charge in [-0.2, -0.15) is 0 Å². The van der Waals surface area contributed by atoms with Crippen LogP contribution in [-0.4, -0.2) is 5.33 Å². The third-order valence-electron chi connectivity index (χ3n) is 4.36. The van der Waals surface area contributed by atoms with Crippen molar-refractivity contribution in [1.29, 1.82) is 0 Å². The fourth-order valence-electron chi connectivity index (χ4n) is 3.38. The average molecular weight is 334 g/mol. The van der Waals surface area contributed by atoms with Crippen molar-refractivity contribution in [3.63, 3.8) is 0 Å². The van der Waals surface area contributed by atoms with E-state index in [0.29, 0.717) is 5.41 Å². The van der Waals surface area contributed by atoms with Crippen molar-refractivity contribution in [1.82, 2.24) is 0 Å². The summed E-state index contributed by atoms with van der Waals surface area (Å²) in [7, 11) is 0. The Balaban J connectivity index is 1.86. The van der Waals surface area contributed by atoms with Crippen LogP contribution in [0.1, 0.15) is 24.8 Å². The summed E-state index contributed by atoms with van der Waals surface area (Å²) in [4.78, 5) is 0. The Morgan fingerprint density at radius 2 is 1.76 bits per heavy atom. The molecule has 1 aromatic carbocycles. The molecule has 0 N–H and O–H groups in total. The largest absolute Gasteiger partial charge is 0.0922 e. The number of benzene rings is 1. The molecule has 0 aromatic heterocycles. The highest BCUT2D eigenvalue weighted by molar-refractivity contribution is 9.09. The van der Waals surface area contributed by atoms with Crippen molar-refractivity contribution in [2.75, 3.05) is 5.33 Å². The molecule has 92 valence electrons. The Hall–Kier alpha value is 0.280. The summed E-state index contributed by atoms with van der Waals surface area (Å²) in [6.07, 6.45) is 5.14. The molecule has 0 bridgehead atoms. The van der Waals surface area contributed by atoms with Crippen molar-refractivity contribution in [3.05, 3.63) is 33.8 Å². The van der Waals surface area contributed by atoms with Gasteiger partial charge in [-0.05, 0) is 60.6 Å². The third-order valence-corrected chi connectivity index (χ3v) is 6.25. The SMILES string of the molecule is Clc1cccc(Cl)c1CC1(CBr)CC2CC2C1. The van der Waals surface area contributed by atoms with Gasteiger partial charge < -0.3 is 0 Å². The predicted molar refractivity (Wildman–Crippen MR) is 77.2 cm³/mol. The van der Waals surface area contributed by atoms with Crippen LogP contribution in [0.5, 0.6) is 0 Å². The van der Waals surface area contributed by atoms with E-state index in [-0.39, 0.29) is 0 Å². The van der Waals surface area contributed by atoms with Crippen molar-refractivity contribution >= 4 is 39.1 Å². The van der Waals surface area contributed by atoms with Crippen LogP contribution in [0.25, 0.3) is 0 Å². The zero-order chi connectivity index (χ0) is 12.0. The van der Waals surface area contributed by atoms with E-state index in [0.717, 1.165) is 39.2 Å². The van der Waals surface area contributed by atoms with Gasteiger partial charge in [0, 0.05) is 15.4 Å². The number of rotatable bonds is 3. The number of hydrogen-bond donors (Lipinski definition) is 0. The molecule has 2 unspecified atom stereocenters. The Bertz CT molecular complexity index is 414. The van der Waals surface area contributed by atoms with Crippen molar-refractivity contribution in [3.8, 4) is 0 Å². The summed E-state index contributed by atoms with van der Waals surface area (Å²) in [5.41, 5.74) is 1.53. The Kier molecular flexibility index (Phi) is 3.21. The predicted octanol–water partition coefficient (Wildman–Crippen LogP) is 5.35. The van der Waals surface area contributed by atoms with Crippen LogP contribution in [0.4, 0.5) is 0 Å². The van der Waals surface area contributed by atoms with Gasteiger partial charge >= 0.3 is 0 Å². The van der Waals surface area contributed by atoms with Gasteiger partial charge in [0.05, 0.1) is 0 Å². The maximum atomic E-state index is 6.27. The van der Waals surface area contributed by atoms with Crippen molar-refractivity contribution in [2.24, 2.45) is 17.3 Å². The Morgan fingerprint density at radius 1 is 1.18 bits per heavy atom. The highest BCUT2D eigenvalue weighted by Gasteiger charge is 2.53. The highest BCUT2D eigenvalue weighted by Crippen LogP contribution is 2.61. The monoisotopic (exact) mass is 332 g/mol. The van der Waals surface area contributed by atoms with Crippen LogP contribution in [0, 0.1) is 17.3 Å². The minimum atomic E-state index is 0.391. The Morgan fingerprint density at radius 3 is 2.29 bits per heavy atom. The van der Waals surface area contributed by atoms with Gasteiger partial charge in [-0.25, -0.2) is 0 Å². The summed E-state index contributed by atoms with van der Waals surface area (Å²) in [5.74, 6) is 1.96. The normalized spacial score (nSPS) is 34.8. The van der Waals surface area contributed by atoms with Gasteiger partial charge in [0.15, 0.2) is 0 Å². The van der Waals surface area contributed by atoms with Crippen LogP contribution >= 0.6 is 39.1 Å². The second kappa shape index (κ2) is 4.43. The first-order valence-corrected chi connectivity index (χ1v) is 8.00. The fourth-order valence-corrected chi connectivity index (χ4v) is 4.57. The molecule has 1 aromatic rings. The number of alkyl halides is 1. The molecule has 0 aliphatic heterocycles. The van der Waals surface area contributed by atoms with Gasteiger partial charge in [-0.1, -0.05) is 45.2 Å². The fraction of sp³-hybridized carbons (Fsp3) is 0.571. The number of hydrogen-bond acceptors (Lipinski definition) is 0. The lowest BCUT2D eigenvalue weighted by Crippen LogP contribution is -2.24. The van der Waals surface area contributed by atoms with E-state index in [2.05, 4.69) is 15.9 Å². The van der Waals surface area contributed by atoms with Gasteiger partial charge in [-0.15, -0.1) is 0 Å². The van der Waals surface area contributed by atoms with Gasteiger partial charge in [0.25, 0.3) is 0 Å². The van der Waals surface area contributed by atoms with Gasteiger partial charge in [0.1, 0.15) is 0 Å². The van der Waals surface area contributed by atoms with E-state index in [9.17, 15) is 0 Å². The Labute approximate surface area is 121 Å². The lowest BCUT2D eigenvalue weighted by molar-refractivity contribution is 0.308. The molecule has 3 rings (SSSR count). The van der Waals surface area contributed by atoms with Gasteiger partial charge in [-0.3, -0.25) is 0 Å². The van der Waals surface area contributed by atoms with Crippen molar-refractivity contribution in [2.45, 2.75) is 25.7 Å². The quantitative estimate of drug-likeness (QED) is 0.654. The number of fused-ring (bicyclic) bond motifs is 1. The standard InChI is InChI=1S/C14H15BrCl2/c15-8-14(5-9-4-10(9)6-14)7-11-12(16)2-1-3-13(11)17/h1-3,9-10H,4-8H2. The molecular formula is C14H15BrCl2. The molecule has 17 heavy (non-hydrogen) atoms. The first-order valence-electron chi connectivity index (χ1n) is 6.12. The molecule has 0 amide bonds. The molecule has 2 atom stereocenters. The molecule has 2 aliphatic carbocycles. The second-order valence-corrected chi connectivity index (χ2v) is 7.05. The first kappa shape index (κ1) is 12.3. The zero-order valence-electron chi connectivity index (χ0n) is 9.56. The summed E-state index contributed by atoms with van der Waals surface area (Å²) in [5, 5.41) is 2.70. The topological polar surface area (TPSA) is 0 Å². The second-order valence-electron chi connectivity index (χ2n) is 5.67. The molecule has 2 aliphatic rings. The zero-order valence-corrected chi connectivity index (χ0v) is 12.7. The maximum absolute atomic E-state index is 6.27. The van der Waals surface area contributed by atoms with Gasteiger partial charge in [0.2, 0.25) is 0 Å². The lowest BCUT2D eigenvalue weighted by atomic mass is 9.79. The molecule has 3 heteroatoms. The molecule has 0 radical (unpaired) electrons. The third kappa shape index (κ3) is 2.27. The van der Waals surface area contributed by atoms with E-state index in [4.69, 9.17) is 23.2 Å². The molecule has 2 fully saturated rings. The molecular weight excluding hydrogens is 319 g/mol. The van der Waals surface area contributed by atoms with E-state index < -0.39 is 0 Å². The average Bonchev–Trinajstić information content (AvgIpc) is 2.93. The maximum Gasteiger partial charge on any atom is 0.0453 e. The minimum Gasteiger partial charge on any atom is -0.0922 e. The van der Waals surface area contributed by atoms with Crippen LogP contribution in [0.15, 0.2) is 18.2 Å². The van der Waals surface area contributed by atoms with Crippen molar-refractivity contribution < 1.29 is 0 Å². The summed E-state index contributed by atoms with van der Waals surface area (Å²) < 4.78 is 0. The lowest BCUT2D eigenvalue weighted by Gasteiger charge is -2.29. The summed E-state index contributed by atoms with van der Waals surface area (Å²) in [6.45, 7) is 0. The summed E-state index contributed by atoms with van der Waals surface area (Å²) >= 11 is 16.3. The minimum absolute atomic E-state index is 0.391. The van der Waals surface area contributed by atoms with E-state index in [1.807, 2.05) is 18.2 Å². The van der Waals surface area contributed by atoms with E-state index in [1.165, 1.54) is 19.3 Å². The molecule has 0 nitrogen and oxygen atoms in total. The smallest absolute Gasteiger partial charge is 0.0453 e. The van der Waals surface area contributed by atoms with Crippen LogP contribution in [0.2, 0.25) is 10.0 Å². The first-order chi connectivity index (χ1) is 8.13. The molecule has 0 spiro atoms. The van der Waals surface area contributed by atoms with E-state index in [1.54, 1.807) is 0 Å². The van der Waals surface area contributed by atoms with Crippen LogP contribution < -0.4 is 0 Å². The highest BCUT2D eigenvalue weighted by atomic mass is 79.9. The summed E-state index contributed by atoms with van der Waals surface area (Å²) in [6, 6.07) is 5.81. The molecule has 0 heterocycles. The van der Waals surface area contributed by atoms with Crippen LogP contribution in [0.3, 0.4) is 0 Å². The van der Waals surface area contributed by atoms with Crippen LogP contribution in [-0.2, 0) is 6.42 Å². The van der Waals surface area contributed by atoms with E-state index >= 15 is 0 Å². The number of halogens is 3.